The highest BCUT2D eigenvalue weighted by molar-refractivity contribution is 7.90. The Kier molecular flexibility index (Phi) is 7.11. The van der Waals surface area contributed by atoms with E-state index >= 15 is 0 Å². The summed E-state index contributed by atoms with van der Waals surface area (Å²) < 4.78 is 29.1. The zero-order valence-corrected chi connectivity index (χ0v) is 19.5. The molecule has 1 fully saturated rings. The molecule has 0 aromatic heterocycles. The Bertz CT molecular complexity index is 1190. The average Bonchev–Trinajstić information content (AvgIpc) is 2.80. The van der Waals surface area contributed by atoms with Crippen molar-refractivity contribution in [3.05, 3.63) is 90.0 Å². The molecule has 7 heteroatoms. The van der Waals surface area contributed by atoms with Gasteiger partial charge in [0, 0.05) is 39.0 Å². The Balaban J connectivity index is 1.30. The zero-order valence-electron chi connectivity index (χ0n) is 18.7. The molecule has 172 valence electrons. The fourth-order valence-corrected chi connectivity index (χ4v) is 4.52. The summed E-state index contributed by atoms with van der Waals surface area (Å²) >= 11 is 0. The summed E-state index contributed by atoms with van der Waals surface area (Å²) in [6.45, 7) is 3.91. The molecule has 1 aliphatic rings. The normalized spacial score (nSPS) is 14.8. The monoisotopic (exact) mass is 464 g/mol. The summed E-state index contributed by atoms with van der Waals surface area (Å²) in [6, 6.07) is 24.2. The van der Waals surface area contributed by atoms with E-state index in [9.17, 15) is 13.2 Å². The van der Waals surface area contributed by atoms with Gasteiger partial charge in [-0.1, -0.05) is 42.5 Å². The number of hydrogen-bond donors (Lipinski definition) is 0. The van der Waals surface area contributed by atoms with Crippen LogP contribution in [0.4, 0.5) is 0 Å². The minimum absolute atomic E-state index is 0.179. The van der Waals surface area contributed by atoms with Gasteiger partial charge in [0.15, 0.2) is 9.84 Å². The van der Waals surface area contributed by atoms with Gasteiger partial charge in [-0.05, 0) is 47.5 Å². The molecule has 0 unspecified atom stereocenters. The lowest BCUT2D eigenvalue weighted by Crippen LogP contribution is -2.48. The molecule has 6 nitrogen and oxygen atoms in total. The van der Waals surface area contributed by atoms with Crippen LogP contribution in [0.1, 0.15) is 11.1 Å². The van der Waals surface area contributed by atoms with Crippen molar-refractivity contribution in [2.24, 2.45) is 0 Å². The van der Waals surface area contributed by atoms with Crippen LogP contribution in [0.3, 0.4) is 0 Å². The van der Waals surface area contributed by atoms with Gasteiger partial charge in [-0.25, -0.2) is 8.42 Å². The number of nitrogens with zero attached hydrogens (tertiary/aromatic N) is 2. The number of benzene rings is 3. The fraction of sp³-hybridized carbons (Fsp3) is 0.269. The maximum absolute atomic E-state index is 12.6. The summed E-state index contributed by atoms with van der Waals surface area (Å²) in [5.74, 6) is 1.47. The van der Waals surface area contributed by atoms with Crippen molar-refractivity contribution in [1.29, 1.82) is 0 Å². The van der Waals surface area contributed by atoms with Gasteiger partial charge in [0.2, 0.25) is 5.91 Å². The summed E-state index contributed by atoms with van der Waals surface area (Å²) in [5, 5.41) is 0. The lowest BCUT2D eigenvalue weighted by molar-refractivity contribution is -0.132. The molecule has 33 heavy (non-hydrogen) atoms. The second-order valence-corrected chi connectivity index (χ2v) is 10.3. The molecule has 3 aromatic carbocycles. The molecule has 0 spiro atoms. The zero-order chi connectivity index (χ0) is 23.3. The van der Waals surface area contributed by atoms with Crippen LogP contribution >= 0.6 is 0 Å². The van der Waals surface area contributed by atoms with Crippen molar-refractivity contribution in [1.82, 2.24) is 9.80 Å². The van der Waals surface area contributed by atoms with Crippen molar-refractivity contribution < 1.29 is 17.9 Å². The van der Waals surface area contributed by atoms with E-state index in [4.69, 9.17) is 4.74 Å². The van der Waals surface area contributed by atoms with E-state index in [1.165, 1.54) is 6.26 Å². The Morgan fingerprint density at radius 1 is 0.818 bits per heavy atom. The van der Waals surface area contributed by atoms with Crippen LogP contribution in [-0.2, 0) is 27.6 Å². The molecule has 0 radical (unpaired) electrons. The molecular formula is C26H28N2O4S. The Labute approximate surface area is 195 Å². The van der Waals surface area contributed by atoms with Gasteiger partial charge in [-0.2, -0.15) is 0 Å². The van der Waals surface area contributed by atoms with Gasteiger partial charge in [-0.3, -0.25) is 9.69 Å². The SMILES string of the molecule is CS(=O)(=O)c1ccc(Oc2cccc(CN3CCN(C(=O)Cc4ccccc4)CC3)c2)cc1. The summed E-state index contributed by atoms with van der Waals surface area (Å²) in [6.07, 6.45) is 1.64. The van der Waals surface area contributed by atoms with Crippen molar-refractivity contribution in [3.63, 3.8) is 0 Å². The molecule has 1 amide bonds. The van der Waals surface area contributed by atoms with Crippen molar-refractivity contribution in [2.45, 2.75) is 17.9 Å². The third-order valence-electron chi connectivity index (χ3n) is 5.72. The van der Waals surface area contributed by atoms with Crippen LogP contribution < -0.4 is 4.74 Å². The van der Waals surface area contributed by atoms with Crippen LogP contribution in [0.2, 0.25) is 0 Å². The molecular weight excluding hydrogens is 436 g/mol. The first kappa shape index (κ1) is 23.0. The number of sulfone groups is 1. The number of rotatable bonds is 7. The Morgan fingerprint density at radius 2 is 1.48 bits per heavy atom. The number of hydrogen-bond acceptors (Lipinski definition) is 5. The molecule has 1 heterocycles. The van der Waals surface area contributed by atoms with Gasteiger partial charge >= 0.3 is 0 Å². The number of carbonyl (C=O) groups is 1. The highest BCUT2D eigenvalue weighted by atomic mass is 32.2. The first-order chi connectivity index (χ1) is 15.9. The lowest BCUT2D eigenvalue weighted by Gasteiger charge is -2.35. The third kappa shape index (κ3) is 6.43. The Hall–Kier alpha value is -3.16. The van der Waals surface area contributed by atoms with Crippen molar-refractivity contribution >= 4 is 15.7 Å². The first-order valence-electron chi connectivity index (χ1n) is 11.0. The summed E-state index contributed by atoms with van der Waals surface area (Å²) in [4.78, 5) is 17.1. The molecule has 3 aromatic rings. The molecule has 4 rings (SSSR count). The molecule has 0 atom stereocenters. The van der Waals surface area contributed by atoms with E-state index in [-0.39, 0.29) is 10.8 Å². The predicted molar refractivity (Wildman–Crippen MR) is 128 cm³/mol. The van der Waals surface area contributed by atoms with Gasteiger partial charge in [0.1, 0.15) is 11.5 Å². The maximum atomic E-state index is 12.6. The summed E-state index contributed by atoms with van der Waals surface area (Å²) in [7, 11) is -3.23. The van der Waals surface area contributed by atoms with E-state index in [1.807, 2.05) is 53.4 Å². The topological polar surface area (TPSA) is 66.9 Å². The molecule has 1 aliphatic heterocycles. The molecule has 0 N–H and O–H groups in total. The number of ether oxygens (including phenoxy) is 1. The average molecular weight is 465 g/mol. The fourth-order valence-electron chi connectivity index (χ4n) is 3.89. The molecule has 0 bridgehead atoms. The second kappa shape index (κ2) is 10.2. The van der Waals surface area contributed by atoms with Gasteiger partial charge in [-0.15, -0.1) is 0 Å². The number of piperazine rings is 1. The molecule has 0 aliphatic carbocycles. The van der Waals surface area contributed by atoms with E-state index in [0.717, 1.165) is 43.9 Å². The van der Waals surface area contributed by atoms with Crippen LogP contribution in [0.25, 0.3) is 0 Å². The number of amides is 1. The summed E-state index contributed by atoms with van der Waals surface area (Å²) in [5.41, 5.74) is 2.18. The Morgan fingerprint density at radius 3 is 2.15 bits per heavy atom. The van der Waals surface area contributed by atoms with E-state index in [2.05, 4.69) is 11.0 Å². The number of carbonyl (C=O) groups excluding carboxylic acids is 1. The van der Waals surface area contributed by atoms with Gasteiger partial charge in [0.25, 0.3) is 0 Å². The van der Waals surface area contributed by atoms with Crippen LogP contribution in [0.15, 0.2) is 83.8 Å². The van der Waals surface area contributed by atoms with Crippen molar-refractivity contribution in [3.8, 4) is 11.5 Å². The second-order valence-electron chi connectivity index (χ2n) is 8.31. The molecule has 0 saturated carbocycles. The smallest absolute Gasteiger partial charge is 0.227 e. The highest BCUT2D eigenvalue weighted by Gasteiger charge is 2.21. The van der Waals surface area contributed by atoms with Gasteiger partial charge in [0.05, 0.1) is 11.3 Å². The minimum atomic E-state index is -3.23. The van der Waals surface area contributed by atoms with Crippen LogP contribution in [0.5, 0.6) is 11.5 Å². The standard InChI is InChI=1S/C26H28N2O4S/c1-33(30,31)25-12-10-23(11-13-25)32-24-9-5-8-22(18-24)20-27-14-16-28(17-15-27)26(29)19-21-6-3-2-4-7-21/h2-13,18H,14-17,19-20H2,1H3. The van der Waals surface area contributed by atoms with E-state index < -0.39 is 9.84 Å². The van der Waals surface area contributed by atoms with Crippen LogP contribution in [0, 0.1) is 0 Å². The van der Waals surface area contributed by atoms with E-state index in [1.54, 1.807) is 24.3 Å². The van der Waals surface area contributed by atoms with E-state index in [0.29, 0.717) is 17.9 Å². The third-order valence-corrected chi connectivity index (χ3v) is 6.84. The molecule has 1 saturated heterocycles. The quantitative estimate of drug-likeness (QED) is 0.533. The van der Waals surface area contributed by atoms with Crippen LogP contribution in [-0.4, -0.2) is 56.6 Å². The first-order valence-corrected chi connectivity index (χ1v) is 12.9. The highest BCUT2D eigenvalue weighted by Crippen LogP contribution is 2.24. The lowest BCUT2D eigenvalue weighted by atomic mass is 10.1. The maximum Gasteiger partial charge on any atom is 0.227 e. The van der Waals surface area contributed by atoms with Crippen molar-refractivity contribution in [2.75, 3.05) is 32.4 Å². The largest absolute Gasteiger partial charge is 0.457 e. The predicted octanol–water partition coefficient (Wildman–Crippen LogP) is 3.77. The minimum Gasteiger partial charge on any atom is -0.457 e. The van der Waals surface area contributed by atoms with Gasteiger partial charge < -0.3 is 9.64 Å².